The monoisotopic (exact) mass is 250 g/mol. The van der Waals surface area contributed by atoms with Gasteiger partial charge in [-0.15, -0.1) is 0 Å². The van der Waals surface area contributed by atoms with Crippen LogP contribution in [0.3, 0.4) is 0 Å². The van der Waals surface area contributed by atoms with Crippen molar-refractivity contribution in [1.29, 1.82) is 0 Å². The van der Waals surface area contributed by atoms with Crippen molar-refractivity contribution in [3.05, 3.63) is 23.8 Å². The zero-order valence-electron chi connectivity index (χ0n) is 9.70. The molecular formula is C12H14N2O4. The molecule has 2 rings (SSSR count). The van der Waals surface area contributed by atoms with E-state index in [0.717, 1.165) is 0 Å². The molecule has 0 saturated carbocycles. The van der Waals surface area contributed by atoms with E-state index in [1.165, 1.54) is 23.1 Å². The summed E-state index contributed by atoms with van der Waals surface area (Å²) < 4.78 is 0. The molecule has 1 aliphatic rings. The standard InChI is InChI=1S/C12H14N2O4/c15-9-2-1-3-10(16)11(9)12(17)14-6-4-8(13-18)5-7-14/h1-3,15-16,18H,4-7H2. The summed E-state index contributed by atoms with van der Waals surface area (Å²) in [6.07, 6.45) is 0.993. The second-order valence-corrected chi connectivity index (χ2v) is 4.13. The van der Waals surface area contributed by atoms with Crippen molar-refractivity contribution in [2.24, 2.45) is 5.16 Å². The van der Waals surface area contributed by atoms with Gasteiger partial charge < -0.3 is 20.3 Å². The van der Waals surface area contributed by atoms with Crippen LogP contribution in [0.25, 0.3) is 0 Å². The number of hydrogen-bond acceptors (Lipinski definition) is 5. The molecule has 3 N–H and O–H groups in total. The Bertz CT molecular complexity index is 469. The molecule has 6 heteroatoms. The van der Waals surface area contributed by atoms with Crippen molar-refractivity contribution in [3.8, 4) is 11.5 Å². The Morgan fingerprint density at radius 1 is 1.17 bits per heavy atom. The van der Waals surface area contributed by atoms with E-state index in [-0.39, 0.29) is 17.1 Å². The summed E-state index contributed by atoms with van der Waals surface area (Å²) in [5.74, 6) is -0.883. The number of amides is 1. The molecule has 1 fully saturated rings. The van der Waals surface area contributed by atoms with Gasteiger partial charge in [0.2, 0.25) is 0 Å². The second-order valence-electron chi connectivity index (χ2n) is 4.13. The van der Waals surface area contributed by atoms with E-state index in [1.54, 1.807) is 0 Å². The lowest BCUT2D eigenvalue weighted by atomic mass is 10.1. The highest BCUT2D eigenvalue weighted by Gasteiger charge is 2.25. The van der Waals surface area contributed by atoms with Crippen LogP contribution in [-0.2, 0) is 0 Å². The van der Waals surface area contributed by atoms with Crippen LogP contribution in [0.5, 0.6) is 11.5 Å². The van der Waals surface area contributed by atoms with Crippen LogP contribution >= 0.6 is 0 Å². The molecule has 0 bridgehead atoms. The summed E-state index contributed by atoms with van der Waals surface area (Å²) in [5, 5.41) is 31.0. The van der Waals surface area contributed by atoms with Crippen molar-refractivity contribution in [2.45, 2.75) is 12.8 Å². The zero-order valence-corrected chi connectivity index (χ0v) is 9.70. The highest BCUT2D eigenvalue weighted by atomic mass is 16.4. The third-order valence-electron chi connectivity index (χ3n) is 3.00. The van der Waals surface area contributed by atoms with Crippen LogP contribution in [0.4, 0.5) is 0 Å². The number of carbonyl (C=O) groups is 1. The SMILES string of the molecule is O=C(c1c(O)cccc1O)N1CCC(=NO)CC1. The molecule has 0 radical (unpaired) electrons. The van der Waals surface area contributed by atoms with Gasteiger partial charge in [-0.1, -0.05) is 11.2 Å². The van der Waals surface area contributed by atoms with Crippen molar-refractivity contribution < 1.29 is 20.2 Å². The molecule has 0 atom stereocenters. The summed E-state index contributed by atoms with van der Waals surface area (Å²) in [6, 6.07) is 4.18. The summed E-state index contributed by atoms with van der Waals surface area (Å²) in [4.78, 5) is 13.7. The van der Waals surface area contributed by atoms with E-state index in [4.69, 9.17) is 5.21 Å². The lowest BCUT2D eigenvalue weighted by molar-refractivity contribution is 0.0747. The summed E-state index contributed by atoms with van der Waals surface area (Å²) in [7, 11) is 0. The highest BCUT2D eigenvalue weighted by molar-refractivity contribution is 6.00. The van der Waals surface area contributed by atoms with Gasteiger partial charge in [0.25, 0.3) is 5.91 Å². The first-order chi connectivity index (χ1) is 8.63. The fraction of sp³-hybridized carbons (Fsp3) is 0.333. The Kier molecular flexibility index (Phi) is 3.36. The van der Waals surface area contributed by atoms with Crippen molar-refractivity contribution in [2.75, 3.05) is 13.1 Å². The lowest BCUT2D eigenvalue weighted by Crippen LogP contribution is -2.38. The van der Waals surface area contributed by atoms with E-state index < -0.39 is 5.91 Å². The number of carbonyl (C=O) groups excluding carboxylic acids is 1. The van der Waals surface area contributed by atoms with Crippen molar-refractivity contribution >= 4 is 11.6 Å². The number of nitrogens with zero attached hydrogens (tertiary/aromatic N) is 2. The van der Waals surface area contributed by atoms with Crippen LogP contribution in [0, 0.1) is 0 Å². The number of piperidine rings is 1. The van der Waals surface area contributed by atoms with Gasteiger partial charge in [-0.3, -0.25) is 4.79 Å². The average Bonchev–Trinajstić information content (AvgIpc) is 2.38. The average molecular weight is 250 g/mol. The fourth-order valence-electron chi connectivity index (χ4n) is 1.97. The van der Waals surface area contributed by atoms with Gasteiger partial charge in [-0.2, -0.15) is 0 Å². The Balaban J connectivity index is 2.18. The molecule has 0 aliphatic carbocycles. The van der Waals surface area contributed by atoms with E-state index in [2.05, 4.69) is 5.16 Å². The number of phenolic OH excluding ortho intramolecular Hbond substituents is 2. The first-order valence-electron chi connectivity index (χ1n) is 5.63. The normalized spacial score (nSPS) is 15.6. The Labute approximate surface area is 104 Å². The second kappa shape index (κ2) is 4.95. The summed E-state index contributed by atoms with van der Waals surface area (Å²) >= 11 is 0. The molecule has 96 valence electrons. The maximum absolute atomic E-state index is 12.1. The molecule has 1 saturated heterocycles. The number of hydrogen-bond donors (Lipinski definition) is 3. The number of phenols is 2. The zero-order chi connectivity index (χ0) is 13.1. The van der Waals surface area contributed by atoms with Crippen LogP contribution in [-0.4, -0.2) is 45.0 Å². The van der Waals surface area contributed by atoms with Crippen LogP contribution in [0.2, 0.25) is 0 Å². The smallest absolute Gasteiger partial charge is 0.261 e. The van der Waals surface area contributed by atoms with E-state index in [1.807, 2.05) is 0 Å². The predicted molar refractivity (Wildman–Crippen MR) is 64.1 cm³/mol. The number of benzene rings is 1. The number of rotatable bonds is 1. The highest BCUT2D eigenvalue weighted by Crippen LogP contribution is 2.28. The fourth-order valence-corrected chi connectivity index (χ4v) is 1.97. The maximum atomic E-state index is 12.1. The third-order valence-corrected chi connectivity index (χ3v) is 3.00. The predicted octanol–water partition coefficient (Wildman–Crippen LogP) is 1.16. The largest absolute Gasteiger partial charge is 0.507 e. The quantitative estimate of drug-likeness (QED) is 0.515. The molecule has 1 aromatic rings. The van der Waals surface area contributed by atoms with Crippen molar-refractivity contribution in [1.82, 2.24) is 4.90 Å². The molecule has 0 spiro atoms. The summed E-state index contributed by atoms with van der Waals surface area (Å²) in [5.41, 5.74) is 0.572. The molecule has 1 aromatic carbocycles. The minimum Gasteiger partial charge on any atom is -0.507 e. The molecule has 6 nitrogen and oxygen atoms in total. The van der Waals surface area contributed by atoms with E-state index in [9.17, 15) is 15.0 Å². The number of aromatic hydroxyl groups is 2. The summed E-state index contributed by atoms with van der Waals surface area (Å²) in [6.45, 7) is 0.817. The maximum Gasteiger partial charge on any atom is 0.261 e. The number of oxime groups is 1. The minimum atomic E-state index is -0.414. The van der Waals surface area contributed by atoms with Gasteiger partial charge in [0.1, 0.15) is 17.1 Å². The van der Waals surface area contributed by atoms with Gasteiger partial charge in [0.05, 0.1) is 5.71 Å². The lowest BCUT2D eigenvalue weighted by Gasteiger charge is -2.27. The third kappa shape index (κ3) is 2.22. The molecule has 0 unspecified atom stereocenters. The molecule has 1 aliphatic heterocycles. The first-order valence-corrected chi connectivity index (χ1v) is 5.63. The van der Waals surface area contributed by atoms with Gasteiger partial charge >= 0.3 is 0 Å². The van der Waals surface area contributed by atoms with Crippen LogP contribution in [0.15, 0.2) is 23.4 Å². The minimum absolute atomic E-state index is 0.0816. The molecular weight excluding hydrogens is 236 g/mol. The van der Waals surface area contributed by atoms with Crippen LogP contribution in [0.1, 0.15) is 23.2 Å². The van der Waals surface area contributed by atoms with Gasteiger partial charge in [-0.05, 0) is 12.1 Å². The van der Waals surface area contributed by atoms with Crippen molar-refractivity contribution in [3.63, 3.8) is 0 Å². The molecule has 18 heavy (non-hydrogen) atoms. The topological polar surface area (TPSA) is 93.4 Å². The van der Waals surface area contributed by atoms with E-state index in [0.29, 0.717) is 31.6 Å². The van der Waals surface area contributed by atoms with E-state index >= 15 is 0 Å². The Hall–Kier alpha value is -2.24. The Morgan fingerprint density at radius 2 is 1.72 bits per heavy atom. The number of likely N-dealkylation sites (tertiary alicyclic amines) is 1. The van der Waals surface area contributed by atoms with Gasteiger partial charge in [0.15, 0.2) is 0 Å². The Morgan fingerprint density at radius 3 is 2.22 bits per heavy atom. The molecule has 0 aromatic heterocycles. The molecule has 1 heterocycles. The van der Waals surface area contributed by atoms with Gasteiger partial charge in [-0.25, -0.2) is 0 Å². The molecule has 1 amide bonds. The first kappa shape index (κ1) is 12.2. The van der Waals surface area contributed by atoms with Gasteiger partial charge in [0, 0.05) is 25.9 Å². The van der Waals surface area contributed by atoms with Crippen LogP contribution < -0.4 is 0 Å².